The molecule has 0 aliphatic heterocycles. The van der Waals surface area contributed by atoms with E-state index in [1.807, 2.05) is 0 Å². The molecule has 0 unspecified atom stereocenters. The van der Waals surface area contributed by atoms with E-state index in [0.29, 0.717) is 0 Å². The molecule has 0 spiro atoms. The molecule has 0 amide bonds. The maximum Gasteiger partial charge on any atom is 0.142 e. The summed E-state index contributed by atoms with van der Waals surface area (Å²) in [4.78, 5) is 5.31. The Balaban J connectivity index is 2.95. The molecular formula is C7H5BrFN. The largest absolute Gasteiger partial charge is 0.261 e. The predicted octanol–water partition coefficient (Wildman–Crippen LogP) is 2.59. The molecule has 1 heterocycles. The van der Waals surface area contributed by atoms with Crippen LogP contribution < -0.4 is 0 Å². The van der Waals surface area contributed by atoms with Crippen molar-refractivity contribution in [1.82, 2.24) is 4.98 Å². The van der Waals surface area contributed by atoms with Crippen molar-refractivity contribution in [2.45, 2.75) is 0 Å². The van der Waals surface area contributed by atoms with E-state index in [4.69, 9.17) is 0 Å². The molecule has 1 nitrogen and oxygen atoms in total. The van der Waals surface area contributed by atoms with Gasteiger partial charge < -0.3 is 0 Å². The zero-order chi connectivity index (χ0) is 7.40. The van der Waals surface area contributed by atoms with E-state index < -0.39 is 0 Å². The van der Waals surface area contributed by atoms with Gasteiger partial charge in [-0.1, -0.05) is 15.9 Å². The summed E-state index contributed by atoms with van der Waals surface area (Å²) in [7, 11) is 0. The van der Waals surface area contributed by atoms with Gasteiger partial charge >= 0.3 is 0 Å². The number of aromatic nitrogens is 1. The highest BCUT2D eigenvalue weighted by Gasteiger charge is 1.89. The smallest absolute Gasteiger partial charge is 0.142 e. The first-order chi connectivity index (χ1) is 4.83. The van der Waals surface area contributed by atoms with Crippen molar-refractivity contribution in [3.05, 3.63) is 34.8 Å². The maximum atomic E-state index is 12.4. The molecule has 0 atom stereocenters. The fourth-order valence-electron chi connectivity index (χ4n) is 0.592. The van der Waals surface area contributed by atoms with Gasteiger partial charge in [-0.05, 0) is 22.7 Å². The van der Waals surface area contributed by atoms with Crippen LogP contribution in [-0.2, 0) is 0 Å². The molecular weight excluding hydrogens is 197 g/mol. The van der Waals surface area contributed by atoms with Gasteiger partial charge in [-0.15, -0.1) is 0 Å². The van der Waals surface area contributed by atoms with Gasteiger partial charge in [-0.2, -0.15) is 0 Å². The van der Waals surface area contributed by atoms with Crippen LogP contribution in [0.2, 0.25) is 0 Å². The number of rotatable bonds is 1. The van der Waals surface area contributed by atoms with Crippen LogP contribution in [0.3, 0.4) is 0 Å². The quantitative estimate of drug-likeness (QED) is 0.681. The second-order valence-corrected chi connectivity index (χ2v) is 2.26. The molecule has 3 heteroatoms. The summed E-state index contributed by atoms with van der Waals surface area (Å²) in [6.45, 7) is 0. The Morgan fingerprint density at radius 3 is 2.90 bits per heavy atom. The van der Waals surface area contributed by atoms with E-state index in [0.717, 1.165) is 5.56 Å². The third kappa shape index (κ3) is 1.92. The van der Waals surface area contributed by atoms with Gasteiger partial charge in [-0.3, -0.25) is 4.98 Å². The lowest BCUT2D eigenvalue weighted by Gasteiger charge is -1.89. The van der Waals surface area contributed by atoms with Gasteiger partial charge in [0.15, 0.2) is 0 Å². The molecule has 0 saturated carbocycles. The Kier molecular flexibility index (Phi) is 2.57. The highest BCUT2D eigenvalue weighted by Crippen LogP contribution is 2.03. The third-order valence-electron chi connectivity index (χ3n) is 0.981. The summed E-state index contributed by atoms with van der Waals surface area (Å²) in [5, 5.41) is 0. The van der Waals surface area contributed by atoms with Gasteiger partial charge in [0.2, 0.25) is 0 Å². The first kappa shape index (κ1) is 7.41. The lowest BCUT2D eigenvalue weighted by atomic mass is 10.3. The summed E-state index contributed by atoms with van der Waals surface area (Å²) >= 11 is 3.08. The van der Waals surface area contributed by atoms with E-state index in [2.05, 4.69) is 20.9 Å². The van der Waals surface area contributed by atoms with Crippen LogP contribution in [0.4, 0.5) is 4.39 Å². The monoisotopic (exact) mass is 201 g/mol. The lowest BCUT2D eigenvalue weighted by molar-refractivity contribution is 0.621. The van der Waals surface area contributed by atoms with Crippen LogP contribution in [0, 0.1) is 5.82 Å². The van der Waals surface area contributed by atoms with Crippen LogP contribution in [0.1, 0.15) is 5.56 Å². The van der Waals surface area contributed by atoms with Crippen molar-refractivity contribution < 1.29 is 4.39 Å². The maximum absolute atomic E-state index is 12.4. The van der Waals surface area contributed by atoms with Crippen molar-refractivity contribution in [3.63, 3.8) is 0 Å². The van der Waals surface area contributed by atoms with Crippen LogP contribution in [0.25, 0.3) is 6.08 Å². The summed E-state index contributed by atoms with van der Waals surface area (Å²) in [6, 6.07) is 1.41. The number of pyridine rings is 1. The zero-order valence-electron chi connectivity index (χ0n) is 5.09. The zero-order valence-corrected chi connectivity index (χ0v) is 6.68. The molecule has 1 rings (SSSR count). The van der Waals surface area contributed by atoms with Crippen LogP contribution in [0.15, 0.2) is 23.4 Å². The molecule has 1 aromatic heterocycles. The van der Waals surface area contributed by atoms with Crippen molar-refractivity contribution in [2.24, 2.45) is 0 Å². The highest BCUT2D eigenvalue weighted by atomic mass is 79.9. The SMILES string of the molecule is Fc1cncc(C=CBr)c1. The summed E-state index contributed by atoms with van der Waals surface area (Å²) in [5.74, 6) is -0.317. The lowest BCUT2D eigenvalue weighted by Crippen LogP contribution is -1.78. The van der Waals surface area contributed by atoms with Crippen molar-refractivity contribution >= 4 is 22.0 Å². The average Bonchev–Trinajstić information content (AvgIpc) is 1.88. The van der Waals surface area contributed by atoms with Crippen molar-refractivity contribution in [1.29, 1.82) is 0 Å². The van der Waals surface area contributed by atoms with Gasteiger partial charge in [0, 0.05) is 6.20 Å². The Bertz CT molecular complexity index is 247. The molecule has 0 N–H and O–H groups in total. The fourth-order valence-corrected chi connectivity index (χ4v) is 0.897. The number of nitrogens with zero attached hydrogens (tertiary/aromatic N) is 1. The fraction of sp³-hybridized carbons (Fsp3) is 0. The van der Waals surface area contributed by atoms with Gasteiger partial charge in [0.25, 0.3) is 0 Å². The van der Waals surface area contributed by atoms with E-state index in [-0.39, 0.29) is 5.82 Å². The van der Waals surface area contributed by atoms with Crippen LogP contribution in [-0.4, -0.2) is 4.98 Å². The third-order valence-corrected chi connectivity index (χ3v) is 1.25. The second kappa shape index (κ2) is 3.46. The minimum atomic E-state index is -0.317. The molecule has 52 valence electrons. The number of halogens is 2. The molecule has 0 bridgehead atoms. The minimum absolute atomic E-state index is 0.317. The molecule has 0 fully saturated rings. The second-order valence-electron chi connectivity index (χ2n) is 1.73. The Labute approximate surface area is 66.7 Å². The molecule has 1 aromatic rings. The van der Waals surface area contributed by atoms with Crippen LogP contribution >= 0.6 is 15.9 Å². The molecule has 0 aliphatic carbocycles. The minimum Gasteiger partial charge on any atom is -0.261 e. The molecule has 0 aliphatic rings. The topological polar surface area (TPSA) is 12.9 Å². The Morgan fingerprint density at radius 1 is 1.50 bits per heavy atom. The van der Waals surface area contributed by atoms with Gasteiger partial charge in [0.1, 0.15) is 5.82 Å². The first-order valence-corrected chi connectivity index (χ1v) is 3.62. The van der Waals surface area contributed by atoms with E-state index in [9.17, 15) is 4.39 Å². The normalized spacial score (nSPS) is 10.6. The summed E-state index contributed by atoms with van der Waals surface area (Å²) < 4.78 is 12.4. The van der Waals surface area contributed by atoms with Gasteiger partial charge in [0.05, 0.1) is 6.20 Å². The van der Waals surface area contributed by atoms with E-state index in [1.165, 1.54) is 12.3 Å². The Hall–Kier alpha value is -0.700. The average molecular weight is 202 g/mol. The molecule has 0 aromatic carbocycles. The van der Waals surface area contributed by atoms with Gasteiger partial charge in [-0.25, -0.2) is 4.39 Å². The molecule has 0 saturated heterocycles. The number of hydrogen-bond acceptors (Lipinski definition) is 1. The van der Waals surface area contributed by atoms with Crippen LogP contribution in [0.5, 0.6) is 0 Å². The van der Waals surface area contributed by atoms with E-state index >= 15 is 0 Å². The first-order valence-electron chi connectivity index (χ1n) is 2.70. The molecule has 10 heavy (non-hydrogen) atoms. The Morgan fingerprint density at radius 2 is 2.30 bits per heavy atom. The van der Waals surface area contributed by atoms with Crippen molar-refractivity contribution in [2.75, 3.05) is 0 Å². The standard InChI is InChI=1S/C7H5BrFN/c8-2-1-6-3-7(9)5-10-4-6/h1-5H. The molecule has 0 radical (unpaired) electrons. The summed E-state index contributed by atoms with van der Waals surface area (Å²) in [5.41, 5.74) is 0.747. The summed E-state index contributed by atoms with van der Waals surface area (Å²) in [6.07, 6.45) is 4.47. The van der Waals surface area contributed by atoms with Crippen molar-refractivity contribution in [3.8, 4) is 0 Å². The predicted molar refractivity (Wildman–Crippen MR) is 42.2 cm³/mol. The number of hydrogen-bond donors (Lipinski definition) is 0. The highest BCUT2D eigenvalue weighted by molar-refractivity contribution is 9.11. The van der Waals surface area contributed by atoms with E-state index in [1.54, 1.807) is 17.3 Å².